The summed E-state index contributed by atoms with van der Waals surface area (Å²) in [4.78, 5) is 23.1. The third-order valence-corrected chi connectivity index (χ3v) is 3.29. The van der Waals surface area contributed by atoms with Gasteiger partial charge < -0.3 is 0 Å². The highest BCUT2D eigenvalue weighted by Crippen LogP contribution is 2.44. The van der Waals surface area contributed by atoms with Crippen LogP contribution in [0.2, 0.25) is 0 Å². The molecular weight excluding hydrogens is 188 g/mol. The highest BCUT2D eigenvalue weighted by Gasteiger charge is 2.46. The molecule has 1 aromatic carbocycles. The van der Waals surface area contributed by atoms with E-state index in [1.165, 1.54) is 6.92 Å². The summed E-state index contributed by atoms with van der Waals surface area (Å²) in [6.45, 7) is 1.37. The molecule has 1 fully saturated rings. The number of hydrogen-bond acceptors (Lipinski definition) is 2. The molecule has 1 saturated carbocycles. The van der Waals surface area contributed by atoms with Crippen LogP contribution in [0.4, 0.5) is 0 Å². The van der Waals surface area contributed by atoms with Gasteiger partial charge in [-0.25, -0.2) is 0 Å². The summed E-state index contributed by atoms with van der Waals surface area (Å²) in [6, 6.07) is 9.65. The fourth-order valence-electron chi connectivity index (χ4n) is 2.27. The van der Waals surface area contributed by atoms with Crippen molar-refractivity contribution in [2.75, 3.05) is 0 Å². The number of ketones is 2. The highest BCUT2D eigenvalue weighted by atomic mass is 16.2. The second kappa shape index (κ2) is 3.61. The standard InChI is InChI=1S/C13H14O2/c1-10(14)12(15)13(8-5-9-13)11-6-3-2-4-7-11/h2-4,6-7H,5,8-9H2,1H3. The lowest BCUT2D eigenvalue weighted by Crippen LogP contribution is -2.45. The summed E-state index contributed by atoms with van der Waals surface area (Å²) in [5.74, 6) is -0.543. The zero-order valence-corrected chi connectivity index (χ0v) is 8.82. The van der Waals surface area contributed by atoms with Crippen LogP contribution in [0, 0.1) is 0 Å². The average molecular weight is 202 g/mol. The van der Waals surface area contributed by atoms with E-state index in [4.69, 9.17) is 0 Å². The van der Waals surface area contributed by atoms with E-state index in [1.807, 2.05) is 30.3 Å². The smallest absolute Gasteiger partial charge is 0.208 e. The summed E-state index contributed by atoms with van der Waals surface area (Å²) in [7, 11) is 0. The van der Waals surface area contributed by atoms with Crippen molar-refractivity contribution in [3.63, 3.8) is 0 Å². The van der Waals surface area contributed by atoms with Crippen molar-refractivity contribution >= 4 is 11.6 Å². The van der Waals surface area contributed by atoms with Gasteiger partial charge in [0.05, 0.1) is 5.41 Å². The Hall–Kier alpha value is -1.44. The number of benzene rings is 1. The van der Waals surface area contributed by atoms with Gasteiger partial charge in [-0.3, -0.25) is 9.59 Å². The number of rotatable bonds is 3. The molecule has 2 rings (SSSR count). The summed E-state index contributed by atoms with van der Waals surface area (Å²) < 4.78 is 0. The summed E-state index contributed by atoms with van der Waals surface area (Å²) in [5.41, 5.74) is 0.504. The van der Waals surface area contributed by atoms with Gasteiger partial charge in [0.1, 0.15) is 0 Å². The number of carbonyl (C=O) groups is 2. The van der Waals surface area contributed by atoms with Crippen molar-refractivity contribution in [1.29, 1.82) is 0 Å². The highest BCUT2D eigenvalue weighted by molar-refractivity contribution is 6.40. The fourth-order valence-corrected chi connectivity index (χ4v) is 2.27. The van der Waals surface area contributed by atoms with Crippen LogP contribution in [-0.4, -0.2) is 11.6 Å². The minimum Gasteiger partial charge on any atom is -0.291 e. The van der Waals surface area contributed by atoms with E-state index >= 15 is 0 Å². The lowest BCUT2D eigenvalue weighted by Gasteiger charge is -2.40. The molecule has 0 unspecified atom stereocenters. The van der Waals surface area contributed by atoms with Gasteiger partial charge in [0.25, 0.3) is 0 Å². The van der Waals surface area contributed by atoms with Crippen molar-refractivity contribution in [2.24, 2.45) is 0 Å². The molecule has 0 bridgehead atoms. The first-order valence-electron chi connectivity index (χ1n) is 5.28. The Labute approximate surface area is 89.3 Å². The van der Waals surface area contributed by atoms with Crippen LogP contribution >= 0.6 is 0 Å². The van der Waals surface area contributed by atoms with Crippen molar-refractivity contribution in [2.45, 2.75) is 31.6 Å². The van der Waals surface area contributed by atoms with Gasteiger partial charge in [0.15, 0.2) is 5.78 Å². The zero-order valence-electron chi connectivity index (χ0n) is 8.82. The van der Waals surface area contributed by atoms with E-state index in [0.29, 0.717) is 0 Å². The third-order valence-electron chi connectivity index (χ3n) is 3.29. The van der Waals surface area contributed by atoms with Crippen LogP contribution in [0.15, 0.2) is 30.3 Å². The molecule has 1 aromatic rings. The molecule has 0 aromatic heterocycles. The summed E-state index contributed by atoms with van der Waals surface area (Å²) >= 11 is 0. The molecule has 0 aliphatic heterocycles. The minimum atomic E-state index is -0.493. The predicted molar refractivity (Wildman–Crippen MR) is 57.7 cm³/mol. The first-order valence-corrected chi connectivity index (χ1v) is 5.28. The predicted octanol–water partition coefficient (Wildman–Crippen LogP) is 2.27. The van der Waals surface area contributed by atoms with Crippen LogP contribution < -0.4 is 0 Å². The molecule has 0 amide bonds. The molecule has 0 saturated heterocycles. The number of hydrogen-bond donors (Lipinski definition) is 0. The fraction of sp³-hybridized carbons (Fsp3) is 0.385. The third kappa shape index (κ3) is 1.50. The maximum atomic E-state index is 11.9. The Morgan fingerprint density at radius 1 is 1.13 bits per heavy atom. The second-order valence-corrected chi connectivity index (χ2v) is 4.19. The Morgan fingerprint density at radius 2 is 1.73 bits per heavy atom. The molecule has 2 heteroatoms. The number of carbonyl (C=O) groups excluding carboxylic acids is 2. The Bertz CT molecular complexity index is 388. The molecule has 0 radical (unpaired) electrons. The second-order valence-electron chi connectivity index (χ2n) is 4.19. The quantitative estimate of drug-likeness (QED) is 0.704. The monoisotopic (exact) mass is 202 g/mol. The van der Waals surface area contributed by atoms with Gasteiger partial charge in [-0.1, -0.05) is 36.8 Å². The molecule has 1 aliphatic carbocycles. The van der Waals surface area contributed by atoms with Crippen LogP contribution in [0.1, 0.15) is 31.7 Å². The van der Waals surface area contributed by atoms with Crippen molar-refractivity contribution in [3.05, 3.63) is 35.9 Å². The van der Waals surface area contributed by atoms with Crippen LogP contribution in [0.3, 0.4) is 0 Å². The van der Waals surface area contributed by atoms with E-state index in [0.717, 1.165) is 24.8 Å². The zero-order chi connectivity index (χ0) is 10.9. The Balaban J connectivity index is 2.39. The lowest BCUT2D eigenvalue weighted by atomic mass is 9.61. The van der Waals surface area contributed by atoms with Crippen LogP contribution in [0.25, 0.3) is 0 Å². The largest absolute Gasteiger partial charge is 0.291 e. The minimum absolute atomic E-state index is 0.222. The average Bonchev–Trinajstić information content (AvgIpc) is 2.17. The van der Waals surface area contributed by atoms with Gasteiger partial charge >= 0.3 is 0 Å². The number of Topliss-reactive ketones (excluding diaryl/α,β-unsaturated/α-hetero) is 2. The van der Waals surface area contributed by atoms with E-state index < -0.39 is 5.41 Å². The summed E-state index contributed by atoms with van der Waals surface area (Å²) in [6.07, 6.45) is 2.67. The van der Waals surface area contributed by atoms with E-state index in [1.54, 1.807) is 0 Å². The first kappa shape index (κ1) is 10.1. The molecular formula is C13H14O2. The maximum absolute atomic E-state index is 11.9. The SMILES string of the molecule is CC(=O)C(=O)C1(c2ccccc2)CCC1. The van der Waals surface area contributed by atoms with Gasteiger partial charge in [0.2, 0.25) is 5.78 Å². The first-order chi connectivity index (χ1) is 7.17. The van der Waals surface area contributed by atoms with Gasteiger partial charge in [-0.15, -0.1) is 0 Å². The van der Waals surface area contributed by atoms with Crippen molar-refractivity contribution in [3.8, 4) is 0 Å². The Morgan fingerprint density at radius 3 is 2.13 bits per heavy atom. The van der Waals surface area contributed by atoms with Crippen molar-refractivity contribution < 1.29 is 9.59 Å². The Kier molecular flexibility index (Phi) is 2.43. The molecule has 0 N–H and O–H groups in total. The van der Waals surface area contributed by atoms with E-state index in [9.17, 15) is 9.59 Å². The van der Waals surface area contributed by atoms with Crippen molar-refractivity contribution in [1.82, 2.24) is 0 Å². The summed E-state index contributed by atoms with van der Waals surface area (Å²) in [5, 5.41) is 0. The molecule has 1 aliphatic rings. The van der Waals surface area contributed by atoms with Gasteiger partial charge in [0, 0.05) is 6.92 Å². The maximum Gasteiger partial charge on any atom is 0.208 e. The lowest BCUT2D eigenvalue weighted by molar-refractivity contribution is -0.141. The van der Waals surface area contributed by atoms with Gasteiger partial charge in [-0.2, -0.15) is 0 Å². The molecule has 78 valence electrons. The van der Waals surface area contributed by atoms with Gasteiger partial charge in [-0.05, 0) is 18.4 Å². The normalized spacial score (nSPS) is 17.9. The van der Waals surface area contributed by atoms with Crippen LogP contribution in [0.5, 0.6) is 0 Å². The van der Waals surface area contributed by atoms with E-state index in [2.05, 4.69) is 0 Å². The molecule has 0 spiro atoms. The molecule has 15 heavy (non-hydrogen) atoms. The van der Waals surface area contributed by atoms with Crippen LogP contribution in [-0.2, 0) is 15.0 Å². The molecule has 0 atom stereocenters. The topological polar surface area (TPSA) is 34.1 Å². The molecule has 0 heterocycles. The van der Waals surface area contributed by atoms with E-state index in [-0.39, 0.29) is 11.6 Å². The molecule has 2 nitrogen and oxygen atoms in total.